The molecule has 262 valence electrons. The van der Waals surface area contributed by atoms with Crippen molar-refractivity contribution in [2.45, 2.75) is 6.92 Å². The summed E-state index contributed by atoms with van der Waals surface area (Å²) < 4.78 is 7.62. The van der Waals surface area contributed by atoms with E-state index < -0.39 is 0 Å². The zero-order valence-electron chi connectivity index (χ0n) is 30.4. The zero-order chi connectivity index (χ0) is 36.9. The van der Waals surface area contributed by atoms with E-state index in [9.17, 15) is 0 Å². The largest absolute Gasteiger partial charge is 0.308 e. The van der Waals surface area contributed by atoms with E-state index in [1.54, 1.807) is 0 Å². The van der Waals surface area contributed by atoms with Gasteiger partial charge in [0.1, 0.15) is 0 Å². The van der Waals surface area contributed by atoms with E-state index in [2.05, 4.69) is 180 Å². The fourth-order valence-electron chi connectivity index (χ4n) is 9.05. The topological polar surface area (TPSA) is 35.6 Å². The summed E-state index contributed by atoms with van der Waals surface area (Å²) in [6.07, 6.45) is 0. The van der Waals surface area contributed by atoms with Crippen LogP contribution in [-0.2, 0) is 0 Å². The minimum absolute atomic E-state index is 0.721. The van der Waals surface area contributed by atoms with Crippen LogP contribution in [0, 0.1) is 6.92 Å². The van der Waals surface area contributed by atoms with Crippen molar-refractivity contribution in [3.63, 3.8) is 0 Å². The van der Waals surface area contributed by atoms with Gasteiger partial charge < -0.3 is 9.13 Å². The highest BCUT2D eigenvalue weighted by Crippen LogP contribution is 2.51. The van der Waals surface area contributed by atoms with Gasteiger partial charge >= 0.3 is 0 Å². The van der Waals surface area contributed by atoms with E-state index in [4.69, 9.17) is 9.97 Å². The summed E-state index contributed by atoms with van der Waals surface area (Å²) in [4.78, 5) is 10.3. The van der Waals surface area contributed by atoms with Gasteiger partial charge in [0.25, 0.3) is 0 Å². The average Bonchev–Trinajstić information content (AvgIpc) is 3.92. The fourth-order valence-corrected chi connectivity index (χ4v) is 10.3. The number of aryl methyl sites for hydroxylation is 1. The summed E-state index contributed by atoms with van der Waals surface area (Å²) in [6, 6.07) is 63.1. The lowest BCUT2D eigenvalue weighted by molar-refractivity contribution is 1.15. The second kappa shape index (κ2) is 12.0. The Labute approximate surface area is 326 Å². The van der Waals surface area contributed by atoms with Crippen LogP contribution in [0.5, 0.6) is 0 Å². The molecule has 0 bridgehead atoms. The highest BCUT2D eigenvalue weighted by molar-refractivity contribution is 7.27. The van der Waals surface area contributed by atoms with Crippen LogP contribution in [0.25, 0.3) is 109 Å². The van der Waals surface area contributed by atoms with Crippen LogP contribution >= 0.6 is 11.3 Å². The summed E-state index contributed by atoms with van der Waals surface area (Å²) in [7, 11) is 0. The third kappa shape index (κ3) is 4.40. The molecule has 4 nitrogen and oxygen atoms in total. The van der Waals surface area contributed by atoms with Gasteiger partial charge in [-0.25, -0.2) is 9.97 Å². The van der Waals surface area contributed by atoms with Crippen molar-refractivity contribution < 1.29 is 0 Å². The first-order chi connectivity index (χ1) is 27.7. The molecule has 0 saturated carbocycles. The maximum Gasteiger partial charge on any atom is 0.160 e. The van der Waals surface area contributed by atoms with Gasteiger partial charge in [-0.3, -0.25) is 0 Å². The van der Waals surface area contributed by atoms with Gasteiger partial charge in [-0.1, -0.05) is 121 Å². The number of hydrogen-bond acceptors (Lipinski definition) is 3. The molecule has 0 radical (unpaired) electrons. The molecule has 0 aliphatic carbocycles. The molecule has 0 spiro atoms. The first-order valence-corrected chi connectivity index (χ1v) is 19.8. The second-order valence-electron chi connectivity index (χ2n) is 14.6. The Bertz CT molecular complexity index is 3540. The van der Waals surface area contributed by atoms with Gasteiger partial charge in [-0.05, 0) is 67.1 Å². The Balaban J connectivity index is 1.21. The molecule has 4 aromatic heterocycles. The van der Waals surface area contributed by atoms with Crippen molar-refractivity contribution >= 4 is 86.0 Å². The molecule has 8 aromatic carbocycles. The third-order valence-electron chi connectivity index (χ3n) is 11.4. The van der Waals surface area contributed by atoms with Gasteiger partial charge in [0, 0.05) is 64.9 Å². The third-order valence-corrected chi connectivity index (χ3v) is 12.6. The van der Waals surface area contributed by atoms with Crippen LogP contribution in [0.4, 0.5) is 0 Å². The minimum atomic E-state index is 0.721. The summed E-state index contributed by atoms with van der Waals surface area (Å²) >= 11 is 1.90. The Kier molecular flexibility index (Phi) is 6.68. The van der Waals surface area contributed by atoms with E-state index in [1.807, 2.05) is 23.5 Å². The molecule has 0 saturated heterocycles. The molecule has 4 heterocycles. The Morgan fingerprint density at radius 1 is 0.464 bits per heavy atom. The molecular formula is C51H32N4S. The molecule has 56 heavy (non-hydrogen) atoms. The molecule has 0 amide bonds. The van der Waals surface area contributed by atoms with Crippen LogP contribution < -0.4 is 0 Å². The minimum Gasteiger partial charge on any atom is -0.308 e. The van der Waals surface area contributed by atoms with E-state index in [0.29, 0.717) is 0 Å². The van der Waals surface area contributed by atoms with Crippen molar-refractivity contribution in [3.05, 3.63) is 181 Å². The predicted molar refractivity (Wildman–Crippen MR) is 237 cm³/mol. The smallest absolute Gasteiger partial charge is 0.160 e. The number of hydrogen-bond donors (Lipinski definition) is 0. The average molecular weight is 733 g/mol. The maximum atomic E-state index is 5.22. The number of para-hydroxylation sites is 4. The SMILES string of the molecule is Cc1cc(-c2nc(-c3ccccc3)c3ccccc3n2)ccc1-n1c2ccccc2c2c3c4ccccc4sc3c3c(c4ccccc4n3-c3ccccc3)c21. The van der Waals surface area contributed by atoms with Crippen molar-refractivity contribution in [1.82, 2.24) is 19.1 Å². The van der Waals surface area contributed by atoms with Gasteiger partial charge in [-0.15, -0.1) is 11.3 Å². The zero-order valence-corrected chi connectivity index (χ0v) is 31.3. The normalized spacial score (nSPS) is 12.0. The van der Waals surface area contributed by atoms with Gasteiger partial charge in [-0.2, -0.15) is 0 Å². The number of rotatable bonds is 4. The van der Waals surface area contributed by atoms with E-state index in [-0.39, 0.29) is 0 Å². The Morgan fingerprint density at radius 3 is 1.86 bits per heavy atom. The highest BCUT2D eigenvalue weighted by atomic mass is 32.1. The van der Waals surface area contributed by atoms with Crippen LogP contribution in [0.15, 0.2) is 176 Å². The monoisotopic (exact) mass is 732 g/mol. The van der Waals surface area contributed by atoms with Crippen molar-refractivity contribution in [2.24, 2.45) is 0 Å². The number of nitrogens with zero attached hydrogens (tertiary/aromatic N) is 4. The molecule has 0 atom stereocenters. The summed E-state index contributed by atoms with van der Waals surface area (Å²) in [5.74, 6) is 0.721. The van der Waals surface area contributed by atoms with Gasteiger partial charge in [0.15, 0.2) is 5.82 Å². The predicted octanol–water partition coefficient (Wildman–Crippen LogP) is 13.8. The first kappa shape index (κ1) is 31.3. The molecule has 0 aliphatic heterocycles. The lowest BCUT2D eigenvalue weighted by atomic mass is 10.0. The lowest BCUT2D eigenvalue weighted by Crippen LogP contribution is -2.00. The Morgan fingerprint density at radius 2 is 1.09 bits per heavy atom. The summed E-state index contributed by atoms with van der Waals surface area (Å²) in [6.45, 7) is 2.22. The van der Waals surface area contributed by atoms with E-state index in [0.717, 1.165) is 50.5 Å². The molecule has 12 aromatic rings. The number of benzene rings is 8. The summed E-state index contributed by atoms with van der Waals surface area (Å²) in [5, 5.41) is 8.72. The lowest BCUT2D eigenvalue weighted by Gasteiger charge is -2.15. The van der Waals surface area contributed by atoms with Crippen LogP contribution in [-0.4, -0.2) is 19.1 Å². The van der Waals surface area contributed by atoms with Crippen molar-refractivity contribution in [3.8, 4) is 34.0 Å². The molecule has 0 fully saturated rings. The number of thiophene rings is 1. The first-order valence-electron chi connectivity index (χ1n) is 19.0. The molecule has 5 heteroatoms. The van der Waals surface area contributed by atoms with Gasteiger partial charge in [0.05, 0.1) is 38.0 Å². The molecule has 0 aliphatic rings. The highest BCUT2D eigenvalue weighted by Gasteiger charge is 2.27. The standard InChI is InChI=1S/C51H32N4S/c1-31-30-33(51-52-39-24-12-8-20-35(39)47(53-51)32-16-4-2-5-17-32)28-29-40(31)55-42-26-14-9-21-36(42)44-45-38-23-11-15-27-43(38)56-50(45)49-46(48(44)55)37-22-10-13-25-41(37)54(49)34-18-6-3-7-19-34/h2-30H,1H3. The molecule has 12 rings (SSSR count). The number of aromatic nitrogens is 4. The number of fused-ring (bicyclic) bond motifs is 13. The van der Waals surface area contributed by atoms with Crippen LogP contribution in [0.1, 0.15) is 5.56 Å². The molecule has 0 N–H and O–H groups in total. The quantitative estimate of drug-likeness (QED) is 0.181. The summed E-state index contributed by atoms with van der Waals surface area (Å²) in [5.41, 5.74) is 12.3. The van der Waals surface area contributed by atoms with Crippen molar-refractivity contribution in [2.75, 3.05) is 0 Å². The van der Waals surface area contributed by atoms with E-state index >= 15 is 0 Å². The van der Waals surface area contributed by atoms with Crippen LogP contribution in [0.2, 0.25) is 0 Å². The Hall–Kier alpha value is -7.08. The van der Waals surface area contributed by atoms with Crippen molar-refractivity contribution in [1.29, 1.82) is 0 Å². The maximum absolute atomic E-state index is 5.22. The molecular weight excluding hydrogens is 701 g/mol. The fraction of sp³-hybridized carbons (Fsp3) is 0.0196. The van der Waals surface area contributed by atoms with E-state index in [1.165, 1.54) is 63.8 Å². The molecule has 0 unspecified atom stereocenters. The van der Waals surface area contributed by atoms with Crippen LogP contribution in [0.3, 0.4) is 0 Å². The second-order valence-corrected chi connectivity index (χ2v) is 15.6. The van der Waals surface area contributed by atoms with Gasteiger partial charge in [0.2, 0.25) is 0 Å².